The summed E-state index contributed by atoms with van der Waals surface area (Å²) in [4.78, 5) is 10.6. The molecule has 1 saturated heterocycles. The minimum absolute atomic E-state index is 0.0874. The summed E-state index contributed by atoms with van der Waals surface area (Å²) in [7, 11) is 0. The van der Waals surface area contributed by atoms with Gasteiger partial charge in [-0.1, -0.05) is 0 Å². The molecule has 4 heteroatoms. The molecule has 0 aromatic carbocycles. The predicted molar refractivity (Wildman–Crippen MR) is 46.3 cm³/mol. The van der Waals surface area contributed by atoms with Gasteiger partial charge in [-0.2, -0.15) is 0 Å². The Bertz CT molecular complexity index is 191. The normalized spacial score (nSPS) is 35.3. The van der Waals surface area contributed by atoms with E-state index in [9.17, 15) is 4.79 Å². The summed E-state index contributed by atoms with van der Waals surface area (Å²) in [6.07, 6.45) is 1.93. The number of hydrogen-bond donors (Lipinski definition) is 1. The van der Waals surface area contributed by atoms with Gasteiger partial charge in [0, 0.05) is 5.25 Å². The van der Waals surface area contributed by atoms with Gasteiger partial charge in [-0.3, -0.25) is 4.79 Å². The molecule has 2 aliphatic rings. The molecule has 0 aromatic heterocycles. The zero-order chi connectivity index (χ0) is 8.55. The molecule has 1 aliphatic carbocycles. The zero-order valence-electron chi connectivity index (χ0n) is 6.73. The molecule has 0 bridgehead atoms. The predicted octanol–water partition coefficient (Wildman–Crippen LogP) is 0.982. The van der Waals surface area contributed by atoms with Crippen molar-refractivity contribution in [2.24, 2.45) is 5.92 Å². The van der Waals surface area contributed by atoms with Gasteiger partial charge in [0.1, 0.15) is 0 Å². The van der Waals surface area contributed by atoms with Crippen LogP contribution in [-0.4, -0.2) is 34.8 Å². The number of carboxylic acid groups (broad SMARTS) is 1. The van der Waals surface area contributed by atoms with E-state index in [4.69, 9.17) is 9.84 Å². The summed E-state index contributed by atoms with van der Waals surface area (Å²) in [6.45, 7) is 1.63. The summed E-state index contributed by atoms with van der Waals surface area (Å²) in [5.41, 5.74) is 0. The van der Waals surface area contributed by atoms with Gasteiger partial charge in [0.15, 0.2) is 0 Å². The smallest absolute Gasteiger partial charge is 0.307 e. The molecule has 3 nitrogen and oxygen atoms in total. The van der Waals surface area contributed by atoms with Gasteiger partial charge < -0.3 is 9.84 Å². The van der Waals surface area contributed by atoms with Crippen molar-refractivity contribution in [3.63, 3.8) is 0 Å². The molecule has 2 unspecified atom stereocenters. The average molecular weight is 188 g/mol. The Balaban J connectivity index is 1.76. The van der Waals surface area contributed by atoms with E-state index >= 15 is 0 Å². The van der Waals surface area contributed by atoms with Crippen LogP contribution in [0.5, 0.6) is 0 Å². The van der Waals surface area contributed by atoms with Crippen molar-refractivity contribution in [1.29, 1.82) is 0 Å². The van der Waals surface area contributed by atoms with Crippen molar-refractivity contribution in [1.82, 2.24) is 0 Å². The van der Waals surface area contributed by atoms with Crippen LogP contribution in [0.15, 0.2) is 0 Å². The Hall–Kier alpha value is -0.220. The van der Waals surface area contributed by atoms with E-state index in [1.54, 1.807) is 11.8 Å². The van der Waals surface area contributed by atoms with Gasteiger partial charge in [-0.25, -0.2) is 0 Å². The van der Waals surface area contributed by atoms with Crippen LogP contribution in [0.1, 0.15) is 12.8 Å². The molecule has 0 amide bonds. The van der Waals surface area contributed by atoms with E-state index in [1.807, 2.05) is 0 Å². The average Bonchev–Trinajstić information content (AvgIpc) is 1.79. The number of rotatable bonds is 3. The van der Waals surface area contributed by atoms with E-state index in [0.717, 1.165) is 26.1 Å². The summed E-state index contributed by atoms with van der Waals surface area (Å²) < 4.78 is 5.03. The highest BCUT2D eigenvalue weighted by Gasteiger charge is 2.39. The maximum Gasteiger partial charge on any atom is 0.307 e. The summed E-state index contributed by atoms with van der Waals surface area (Å²) in [6, 6.07) is 0. The molecule has 0 spiro atoms. The molecule has 2 fully saturated rings. The number of aliphatic carboxylic acids is 1. The van der Waals surface area contributed by atoms with Crippen molar-refractivity contribution in [2.45, 2.75) is 23.3 Å². The van der Waals surface area contributed by atoms with Crippen LogP contribution in [0.2, 0.25) is 0 Å². The topological polar surface area (TPSA) is 46.5 Å². The first kappa shape index (κ1) is 8.38. The Morgan fingerprint density at radius 2 is 2.17 bits per heavy atom. The lowest BCUT2D eigenvalue weighted by molar-refractivity contribution is -0.144. The second kappa shape index (κ2) is 3.26. The van der Waals surface area contributed by atoms with E-state index in [-0.39, 0.29) is 5.92 Å². The van der Waals surface area contributed by atoms with Crippen molar-refractivity contribution in [3.8, 4) is 0 Å². The highest BCUT2D eigenvalue weighted by molar-refractivity contribution is 8.00. The quantitative estimate of drug-likeness (QED) is 0.717. The number of carboxylic acids is 1. The maximum atomic E-state index is 10.6. The highest BCUT2D eigenvalue weighted by atomic mass is 32.2. The van der Waals surface area contributed by atoms with Gasteiger partial charge in [0.2, 0.25) is 0 Å². The highest BCUT2D eigenvalue weighted by Crippen LogP contribution is 2.41. The van der Waals surface area contributed by atoms with Crippen molar-refractivity contribution >= 4 is 17.7 Å². The minimum atomic E-state index is -0.626. The molecule has 68 valence electrons. The molecular formula is C8H12O3S. The first-order chi connectivity index (χ1) is 5.77. The molecular weight excluding hydrogens is 176 g/mol. The molecule has 1 N–H and O–H groups in total. The first-order valence-electron chi connectivity index (χ1n) is 4.23. The van der Waals surface area contributed by atoms with Crippen molar-refractivity contribution in [2.75, 3.05) is 13.2 Å². The number of thioether (sulfide) groups is 1. The van der Waals surface area contributed by atoms with Gasteiger partial charge in [-0.05, 0) is 12.8 Å². The second-order valence-electron chi connectivity index (χ2n) is 3.36. The third-order valence-corrected chi connectivity index (χ3v) is 4.07. The molecule has 0 radical (unpaired) electrons. The summed E-state index contributed by atoms with van der Waals surface area (Å²) in [5.74, 6) is -0.713. The maximum absolute atomic E-state index is 10.6. The van der Waals surface area contributed by atoms with E-state index < -0.39 is 5.97 Å². The van der Waals surface area contributed by atoms with Crippen LogP contribution in [0.25, 0.3) is 0 Å². The van der Waals surface area contributed by atoms with Crippen LogP contribution in [0.3, 0.4) is 0 Å². The number of carbonyl (C=O) groups is 1. The Morgan fingerprint density at radius 1 is 1.42 bits per heavy atom. The molecule has 2 atom stereocenters. The summed E-state index contributed by atoms with van der Waals surface area (Å²) >= 11 is 1.80. The lowest BCUT2D eigenvalue weighted by atomic mass is 9.85. The van der Waals surface area contributed by atoms with Crippen molar-refractivity contribution in [3.05, 3.63) is 0 Å². The van der Waals surface area contributed by atoms with Crippen molar-refractivity contribution < 1.29 is 14.6 Å². The lowest BCUT2D eigenvalue weighted by Gasteiger charge is -2.37. The van der Waals surface area contributed by atoms with Crippen LogP contribution in [0, 0.1) is 5.92 Å². The zero-order valence-corrected chi connectivity index (χ0v) is 7.55. The van der Waals surface area contributed by atoms with Gasteiger partial charge in [0.05, 0.1) is 24.4 Å². The largest absolute Gasteiger partial charge is 0.481 e. The second-order valence-corrected chi connectivity index (χ2v) is 4.90. The molecule has 0 aromatic rings. The molecule has 12 heavy (non-hydrogen) atoms. The van der Waals surface area contributed by atoms with E-state index in [0.29, 0.717) is 10.5 Å². The fraction of sp³-hybridized carbons (Fsp3) is 0.875. The number of hydrogen-bond acceptors (Lipinski definition) is 3. The van der Waals surface area contributed by atoms with Gasteiger partial charge in [-0.15, -0.1) is 11.8 Å². The molecule has 1 aliphatic heterocycles. The summed E-state index contributed by atoms with van der Waals surface area (Å²) in [5, 5.41) is 9.69. The Labute approximate surface area is 75.5 Å². The van der Waals surface area contributed by atoms with Gasteiger partial charge in [0.25, 0.3) is 0 Å². The number of ether oxygens (including phenoxy) is 1. The van der Waals surface area contributed by atoms with Gasteiger partial charge >= 0.3 is 5.97 Å². The SMILES string of the molecule is O=C(O)C1CCC1SC1COC1. The fourth-order valence-corrected chi connectivity index (χ4v) is 3.01. The fourth-order valence-electron chi connectivity index (χ4n) is 1.45. The third kappa shape index (κ3) is 1.45. The third-order valence-electron chi connectivity index (χ3n) is 2.50. The standard InChI is InChI=1S/C8H12O3S/c9-8(10)6-1-2-7(6)12-5-3-11-4-5/h5-7H,1-4H2,(H,9,10). The van der Waals surface area contributed by atoms with Crippen LogP contribution >= 0.6 is 11.8 Å². The molecule has 2 rings (SSSR count). The van der Waals surface area contributed by atoms with Crippen LogP contribution in [0.4, 0.5) is 0 Å². The minimum Gasteiger partial charge on any atom is -0.481 e. The van der Waals surface area contributed by atoms with E-state index in [2.05, 4.69) is 0 Å². The lowest BCUT2D eigenvalue weighted by Crippen LogP contribution is -2.40. The monoisotopic (exact) mass is 188 g/mol. The van der Waals surface area contributed by atoms with Crippen LogP contribution in [-0.2, 0) is 9.53 Å². The van der Waals surface area contributed by atoms with Crippen LogP contribution < -0.4 is 0 Å². The van der Waals surface area contributed by atoms with E-state index in [1.165, 1.54) is 0 Å². The first-order valence-corrected chi connectivity index (χ1v) is 5.17. The Morgan fingerprint density at radius 3 is 2.50 bits per heavy atom. The molecule has 1 saturated carbocycles. The Kier molecular flexibility index (Phi) is 2.28. The molecule has 1 heterocycles.